The number of nitrogens with zero attached hydrogens (tertiary/aromatic N) is 1. The van der Waals surface area contributed by atoms with E-state index in [1.807, 2.05) is 6.92 Å². The number of hydrogen-bond donors (Lipinski definition) is 3. The van der Waals surface area contributed by atoms with Crippen LogP contribution in [0.25, 0.3) is 11.3 Å². The van der Waals surface area contributed by atoms with Gasteiger partial charge in [0.05, 0.1) is 29.2 Å². The van der Waals surface area contributed by atoms with Crippen molar-refractivity contribution in [2.24, 2.45) is 0 Å². The van der Waals surface area contributed by atoms with E-state index in [9.17, 15) is 18.0 Å². The van der Waals surface area contributed by atoms with E-state index < -0.39 is 18.7 Å². The predicted molar refractivity (Wildman–Crippen MR) is 129 cm³/mol. The third-order valence-electron chi connectivity index (χ3n) is 6.43. The largest absolute Gasteiger partial charge is 0.489 e. The SMILES string of the molecule is C[C@@H]1Cc2[nH]c(-c3ccncc3OC[C@@H]3CCCO3)c(Nc3cccc(F)c3CC(F)F)c2C(=O)N1. The van der Waals surface area contributed by atoms with Crippen LogP contribution in [0.1, 0.15) is 41.4 Å². The average molecular weight is 501 g/mol. The van der Waals surface area contributed by atoms with E-state index in [0.29, 0.717) is 53.6 Å². The van der Waals surface area contributed by atoms with E-state index in [-0.39, 0.29) is 29.3 Å². The summed E-state index contributed by atoms with van der Waals surface area (Å²) in [6.45, 7) is 2.94. The molecule has 1 amide bonds. The van der Waals surface area contributed by atoms with Gasteiger partial charge in [0.15, 0.2) is 0 Å². The van der Waals surface area contributed by atoms with Gasteiger partial charge in [-0.1, -0.05) is 6.07 Å². The molecule has 1 aromatic carbocycles. The number of benzene rings is 1. The molecule has 0 bridgehead atoms. The van der Waals surface area contributed by atoms with Crippen LogP contribution in [0.15, 0.2) is 36.7 Å². The van der Waals surface area contributed by atoms with Crippen LogP contribution in [0.3, 0.4) is 0 Å². The van der Waals surface area contributed by atoms with Gasteiger partial charge in [0.25, 0.3) is 5.91 Å². The second-order valence-corrected chi connectivity index (χ2v) is 9.11. The van der Waals surface area contributed by atoms with Crippen LogP contribution in [0, 0.1) is 5.82 Å². The highest BCUT2D eigenvalue weighted by atomic mass is 19.3. The summed E-state index contributed by atoms with van der Waals surface area (Å²) in [6, 6.07) is 5.76. The van der Waals surface area contributed by atoms with Crippen LogP contribution < -0.4 is 15.4 Å². The zero-order chi connectivity index (χ0) is 25.2. The summed E-state index contributed by atoms with van der Waals surface area (Å²) in [5, 5.41) is 6.01. The molecule has 0 spiro atoms. The van der Waals surface area contributed by atoms with E-state index >= 15 is 0 Å². The van der Waals surface area contributed by atoms with Crippen molar-refractivity contribution in [1.29, 1.82) is 0 Å². The first-order chi connectivity index (χ1) is 17.4. The van der Waals surface area contributed by atoms with Crippen molar-refractivity contribution in [2.75, 3.05) is 18.5 Å². The van der Waals surface area contributed by atoms with Gasteiger partial charge in [0, 0.05) is 54.2 Å². The minimum atomic E-state index is -2.73. The molecule has 1 saturated heterocycles. The van der Waals surface area contributed by atoms with E-state index in [0.717, 1.165) is 18.9 Å². The average Bonchev–Trinajstić information content (AvgIpc) is 3.48. The fourth-order valence-electron chi connectivity index (χ4n) is 4.77. The molecule has 2 aliphatic heterocycles. The van der Waals surface area contributed by atoms with Crippen molar-refractivity contribution in [3.05, 3.63) is 59.3 Å². The number of aromatic amines is 1. The van der Waals surface area contributed by atoms with Gasteiger partial charge in [-0.15, -0.1) is 0 Å². The summed E-state index contributed by atoms with van der Waals surface area (Å²) in [5.74, 6) is -0.569. The van der Waals surface area contributed by atoms with Gasteiger partial charge in [-0.2, -0.15) is 0 Å². The van der Waals surface area contributed by atoms with Gasteiger partial charge < -0.3 is 25.1 Å². The van der Waals surface area contributed by atoms with Gasteiger partial charge in [-0.3, -0.25) is 9.78 Å². The van der Waals surface area contributed by atoms with Gasteiger partial charge in [-0.25, -0.2) is 13.2 Å². The Bertz CT molecular complexity index is 1260. The maximum atomic E-state index is 14.5. The number of rotatable bonds is 8. The molecule has 10 heteroatoms. The van der Waals surface area contributed by atoms with Crippen molar-refractivity contribution in [1.82, 2.24) is 15.3 Å². The standard InChI is InChI=1S/C26H27F3N4O3/c1-14-10-20-23(26(34)31-14)25(32-19-6-2-5-18(27)17(19)11-22(28)29)24(33-20)16-7-8-30-12-21(16)36-13-15-4-3-9-35-15/h2,5-8,12,14-15,22,32-33H,3-4,9-11,13H2,1H3,(H,31,34)/t14-,15+/m1/s1. The molecule has 3 N–H and O–H groups in total. The number of carbonyl (C=O) groups excluding carboxylic acids is 1. The van der Waals surface area contributed by atoms with Gasteiger partial charge in [-0.05, 0) is 38.0 Å². The third-order valence-corrected chi connectivity index (χ3v) is 6.43. The van der Waals surface area contributed by atoms with Crippen LogP contribution in [-0.4, -0.2) is 47.7 Å². The van der Waals surface area contributed by atoms with Crippen LogP contribution in [0.2, 0.25) is 0 Å². The smallest absolute Gasteiger partial charge is 0.255 e. The molecule has 1 fully saturated rings. The molecule has 190 valence electrons. The molecule has 2 aliphatic rings. The number of amides is 1. The first kappa shape index (κ1) is 24.2. The second-order valence-electron chi connectivity index (χ2n) is 9.11. The lowest BCUT2D eigenvalue weighted by atomic mass is 10.0. The number of halogens is 3. The third kappa shape index (κ3) is 4.90. The van der Waals surface area contributed by atoms with Crippen molar-refractivity contribution in [3.8, 4) is 17.0 Å². The number of carbonyl (C=O) groups is 1. The van der Waals surface area contributed by atoms with Crippen molar-refractivity contribution in [3.63, 3.8) is 0 Å². The Morgan fingerprint density at radius 2 is 2.17 bits per heavy atom. The fraction of sp³-hybridized carbons (Fsp3) is 0.385. The van der Waals surface area contributed by atoms with E-state index in [4.69, 9.17) is 9.47 Å². The van der Waals surface area contributed by atoms with Crippen molar-refractivity contribution in [2.45, 2.75) is 51.2 Å². The zero-order valence-electron chi connectivity index (χ0n) is 19.7. The zero-order valence-corrected chi connectivity index (χ0v) is 19.7. The molecular weight excluding hydrogens is 473 g/mol. The highest BCUT2D eigenvalue weighted by Gasteiger charge is 2.31. The molecular formula is C26H27F3N4O3. The summed E-state index contributed by atoms with van der Waals surface area (Å²) in [7, 11) is 0. The Labute approximate surface area is 206 Å². The Morgan fingerprint density at radius 3 is 2.94 bits per heavy atom. The number of H-pyrrole nitrogens is 1. The lowest BCUT2D eigenvalue weighted by molar-refractivity contribution is 0.0680. The number of anilines is 2. The summed E-state index contributed by atoms with van der Waals surface area (Å²) >= 11 is 0. The Kier molecular flexibility index (Phi) is 6.86. The molecule has 0 saturated carbocycles. The molecule has 3 aromatic rings. The lowest BCUT2D eigenvalue weighted by Crippen LogP contribution is -2.39. The Morgan fingerprint density at radius 1 is 1.31 bits per heavy atom. The number of ether oxygens (including phenoxy) is 2. The molecule has 7 nitrogen and oxygen atoms in total. The van der Waals surface area contributed by atoms with Gasteiger partial charge >= 0.3 is 0 Å². The number of hydrogen-bond acceptors (Lipinski definition) is 5. The van der Waals surface area contributed by atoms with Crippen LogP contribution in [-0.2, 0) is 17.6 Å². The number of nitrogens with one attached hydrogen (secondary N) is 3. The normalized spacial score (nSPS) is 19.3. The first-order valence-electron chi connectivity index (χ1n) is 12.0. The summed E-state index contributed by atoms with van der Waals surface area (Å²) in [6.07, 6.45) is 2.11. The second kappa shape index (κ2) is 10.2. The van der Waals surface area contributed by atoms with Crippen LogP contribution in [0.4, 0.5) is 24.5 Å². The van der Waals surface area contributed by atoms with Crippen LogP contribution >= 0.6 is 0 Å². The molecule has 0 radical (unpaired) electrons. The quantitative estimate of drug-likeness (QED) is 0.405. The molecule has 0 unspecified atom stereocenters. The lowest BCUT2D eigenvalue weighted by Gasteiger charge is -2.21. The van der Waals surface area contributed by atoms with Crippen molar-refractivity contribution < 1.29 is 27.4 Å². The van der Waals surface area contributed by atoms with E-state index in [1.165, 1.54) is 12.1 Å². The minimum absolute atomic E-state index is 0.0108. The predicted octanol–water partition coefficient (Wildman–Crippen LogP) is 5.00. The van der Waals surface area contributed by atoms with Gasteiger partial charge in [0.1, 0.15) is 18.2 Å². The summed E-state index contributed by atoms with van der Waals surface area (Å²) in [5.41, 5.74) is 2.59. The molecule has 5 rings (SSSR count). The molecule has 2 atom stereocenters. The van der Waals surface area contributed by atoms with Crippen molar-refractivity contribution >= 4 is 17.3 Å². The van der Waals surface area contributed by atoms with Gasteiger partial charge in [0.2, 0.25) is 6.43 Å². The Hall–Kier alpha value is -3.53. The monoisotopic (exact) mass is 500 g/mol. The molecule has 2 aromatic heterocycles. The summed E-state index contributed by atoms with van der Waals surface area (Å²) < 4.78 is 52.8. The number of pyridine rings is 1. The van der Waals surface area contributed by atoms with E-state index in [1.54, 1.807) is 18.5 Å². The molecule has 0 aliphatic carbocycles. The first-order valence-corrected chi connectivity index (χ1v) is 12.0. The topological polar surface area (TPSA) is 88.3 Å². The Balaban J connectivity index is 1.59. The molecule has 4 heterocycles. The maximum absolute atomic E-state index is 14.5. The molecule has 36 heavy (non-hydrogen) atoms. The van der Waals surface area contributed by atoms with Crippen LogP contribution in [0.5, 0.6) is 5.75 Å². The van der Waals surface area contributed by atoms with E-state index in [2.05, 4.69) is 20.6 Å². The minimum Gasteiger partial charge on any atom is -0.489 e. The fourth-order valence-corrected chi connectivity index (χ4v) is 4.77. The number of alkyl halides is 2. The number of fused-ring (bicyclic) bond motifs is 1. The highest BCUT2D eigenvalue weighted by Crippen LogP contribution is 2.41. The number of aromatic nitrogens is 2. The maximum Gasteiger partial charge on any atom is 0.255 e. The summed E-state index contributed by atoms with van der Waals surface area (Å²) in [4.78, 5) is 20.6. The highest BCUT2D eigenvalue weighted by molar-refractivity contribution is 6.06.